The molecule has 0 heterocycles. The van der Waals surface area contributed by atoms with Gasteiger partial charge in [0.15, 0.2) is 0 Å². The molecule has 0 aromatic carbocycles. The zero-order chi connectivity index (χ0) is 15.2. The van der Waals surface area contributed by atoms with E-state index in [2.05, 4.69) is 20.8 Å². The molecule has 2 heteroatoms. The first-order valence-corrected chi connectivity index (χ1v) is 8.85. The molecule has 0 radical (unpaired) electrons. The summed E-state index contributed by atoms with van der Waals surface area (Å²) in [6.07, 6.45) is 15.4. The summed E-state index contributed by atoms with van der Waals surface area (Å²) < 4.78 is 0. The number of rotatable bonds is 13. The maximum absolute atomic E-state index is 11.8. The van der Waals surface area contributed by atoms with E-state index in [4.69, 9.17) is 0 Å². The van der Waals surface area contributed by atoms with E-state index in [-0.39, 0.29) is 0 Å². The van der Waals surface area contributed by atoms with Crippen LogP contribution in [0.15, 0.2) is 0 Å². The average Bonchev–Trinajstić information content (AvgIpc) is 2.43. The van der Waals surface area contributed by atoms with E-state index in [0.717, 1.165) is 12.8 Å². The number of hydrogen-bond donors (Lipinski definition) is 0. The number of carbonyl (C=O) groups is 1. The lowest BCUT2D eigenvalue weighted by Crippen LogP contribution is -2.32. The zero-order valence-electron chi connectivity index (χ0n) is 14.4. The van der Waals surface area contributed by atoms with Crippen LogP contribution < -0.4 is 0 Å². The van der Waals surface area contributed by atoms with Gasteiger partial charge in [0.1, 0.15) is 0 Å². The predicted octanol–water partition coefficient (Wildman–Crippen LogP) is 5.55. The number of hydrogen-bond acceptors (Lipinski definition) is 1. The minimum absolute atomic E-state index is 0.302. The summed E-state index contributed by atoms with van der Waals surface area (Å²) in [5, 5.41) is 0. The fraction of sp³-hybridized carbons (Fsp3) is 0.944. The first-order valence-electron chi connectivity index (χ1n) is 8.85. The lowest BCUT2D eigenvalue weighted by Gasteiger charge is -2.21. The van der Waals surface area contributed by atoms with Crippen LogP contribution in [-0.2, 0) is 4.79 Å². The third kappa shape index (κ3) is 11.3. The van der Waals surface area contributed by atoms with Crippen LogP contribution in [0, 0.1) is 0 Å². The second-order valence-corrected chi connectivity index (χ2v) is 6.38. The predicted molar refractivity (Wildman–Crippen MR) is 89.0 cm³/mol. The van der Waals surface area contributed by atoms with Crippen molar-refractivity contribution in [1.82, 2.24) is 4.90 Å². The molecule has 0 aliphatic carbocycles. The van der Waals surface area contributed by atoms with Crippen LogP contribution in [-0.4, -0.2) is 23.9 Å². The van der Waals surface area contributed by atoms with Crippen LogP contribution in [0.25, 0.3) is 0 Å². The minimum Gasteiger partial charge on any atom is -0.343 e. The summed E-state index contributed by atoms with van der Waals surface area (Å²) in [5.74, 6) is 0.302. The van der Waals surface area contributed by atoms with Gasteiger partial charge in [0.25, 0.3) is 0 Å². The molecule has 0 rings (SSSR count). The second-order valence-electron chi connectivity index (χ2n) is 6.38. The normalized spacial score (nSPS) is 11.1. The topological polar surface area (TPSA) is 20.3 Å². The van der Waals surface area contributed by atoms with Gasteiger partial charge in [0, 0.05) is 19.5 Å². The largest absolute Gasteiger partial charge is 0.343 e. The van der Waals surface area contributed by atoms with E-state index in [9.17, 15) is 4.79 Å². The molecule has 2 nitrogen and oxygen atoms in total. The van der Waals surface area contributed by atoms with Crippen LogP contribution in [0.5, 0.6) is 0 Å². The molecule has 0 aromatic rings. The number of amides is 1. The molecule has 0 N–H and O–H groups in total. The quantitative estimate of drug-likeness (QED) is 0.405. The van der Waals surface area contributed by atoms with Gasteiger partial charge in [-0.15, -0.1) is 0 Å². The standard InChI is InChI=1S/C18H37NO/c1-5-6-7-8-9-10-11-12-13-14-15-16-18(20)19(4)17(2)3/h17H,5-16H2,1-4H3. The Kier molecular flexibility index (Phi) is 13.1. The molecule has 0 saturated heterocycles. The van der Waals surface area contributed by atoms with Crippen molar-refractivity contribution in [3.8, 4) is 0 Å². The SMILES string of the molecule is CCCCCCCCCCCCCC(=O)N(C)C(C)C. The highest BCUT2D eigenvalue weighted by molar-refractivity contribution is 5.76. The highest BCUT2D eigenvalue weighted by Gasteiger charge is 2.10. The second kappa shape index (κ2) is 13.5. The number of carbonyl (C=O) groups excluding carboxylic acids is 1. The Hall–Kier alpha value is -0.530. The summed E-state index contributed by atoms with van der Waals surface area (Å²) in [4.78, 5) is 13.6. The van der Waals surface area contributed by atoms with Gasteiger partial charge < -0.3 is 4.90 Å². The maximum Gasteiger partial charge on any atom is 0.222 e. The van der Waals surface area contributed by atoms with Crippen LogP contribution in [0.4, 0.5) is 0 Å². The van der Waals surface area contributed by atoms with Crippen molar-refractivity contribution < 1.29 is 4.79 Å². The van der Waals surface area contributed by atoms with Crippen molar-refractivity contribution in [3.05, 3.63) is 0 Å². The summed E-state index contributed by atoms with van der Waals surface area (Å²) in [6, 6.07) is 0.329. The highest BCUT2D eigenvalue weighted by Crippen LogP contribution is 2.12. The van der Waals surface area contributed by atoms with E-state index < -0.39 is 0 Å². The molecule has 0 saturated carbocycles. The van der Waals surface area contributed by atoms with Crippen molar-refractivity contribution in [2.45, 2.75) is 104 Å². The van der Waals surface area contributed by atoms with E-state index in [0.29, 0.717) is 11.9 Å². The Morgan fingerprint density at radius 3 is 1.60 bits per heavy atom. The highest BCUT2D eigenvalue weighted by atomic mass is 16.2. The molecule has 120 valence electrons. The molecular weight excluding hydrogens is 246 g/mol. The molecule has 1 amide bonds. The van der Waals surface area contributed by atoms with E-state index >= 15 is 0 Å². The molecule has 0 aliphatic rings. The number of unbranched alkanes of at least 4 members (excludes halogenated alkanes) is 10. The van der Waals surface area contributed by atoms with Crippen LogP contribution in [0.1, 0.15) is 97.8 Å². The van der Waals surface area contributed by atoms with Crippen molar-refractivity contribution in [2.75, 3.05) is 7.05 Å². The van der Waals surface area contributed by atoms with Crippen molar-refractivity contribution >= 4 is 5.91 Å². The summed E-state index contributed by atoms with van der Waals surface area (Å²) in [5.41, 5.74) is 0. The van der Waals surface area contributed by atoms with Crippen LogP contribution in [0.2, 0.25) is 0 Å². The van der Waals surface area contributed by atoms with Crippen molar-refractivity contribution in [2.24, 2.45) is 0 Å². The van der Waals surface area contributed by atoms with Gasteiger partial charge in [-0.3, -0.25) is 4.79 Å². The van der Waals surface area contributed by atoms with Gasteiger partial charge in [-0.1, -0.05) is 71.1 Å². The first-order chi connectivity index (χ1) is 9.59. The number of nitrogens with zero attached hydrogens (tertiary/aromatic N) is 1. The Balaban J connectivity index is 3.23. The van der Waals surface area contributed by atoms with Gasteiger partial charge >= 0.3 is 0 Å². The van der Waals surface area contributed by atoms with Crippen LogP contribution in [0.3, 0.4) is 0 Å². The molecule has 0 unspecified atom stereocenters. The van der Waals surface area contributed by atoms with Crippen LogP contribution >= 0.6 is 0 Å². The Labute approximate surface area is 127 Å². The van der Waals surface area contributed by atoms with Gasteiger partial charge in [-0.25, -0.2) is 0 Å². The smallest absolute Gasteiger partial charge is 0.222 e. The van der Waals surface area contributed by atoms with Gasteiger partial charge in [-0.05, 0) is 20.3 Å². The van der Waals surface area contributed by atoms with Crippen molar-refractivity contribution in [1.29, 1.82) is 0 Å². The lowest BCUT2D eigenvalue weighted by atomic mass is 10.1. The first kappa shape index (κ1) is 19.5. The molecule has 0 atom stereocenters. The van der Waals surface area contributed by atoms with E-state index in [1.165, 1.54) is 64.2 Å². The molecular formula is C18H37NO. The molecule has 0 fully saturated rings. The fourth-order valence-electron chi connectivity index (χ4n) is 2.40. The fourth-order valence-corrected chi connectivity index (χ4v) is 2.40. The summed E-state index contributed by atoms with van der Waals surface area (Å²) in [7, 11) is 1.91. The average molecular weight is 284 g/mol. The van der Waals surface area contributed by atoms with Gasteiger partial charge in [0.05, 0.1) is 0 Å². The third-order valence-corrected chi connectivity index (χ3v) is 4.16. The molecule has 0 spiro atoms. The van der Waals surface area contributed by atoms with E-state index in [1.807, 2.05) is 11.9 Å². The van der Waals surface area contributed by atoms with Gasteiger partial charge in [-0.2, -0.15) is 0 Å². The Morgan fingerprint density at radius 2 is 1.20 bits per heavy atom. The summed E-state index contributed by atoms with van der Waals surface area (Å²) in [6.45, 7) is 6.40. The summed E-state index contributed by atoms with van der Waals surface area (Å²) >= 11 is 0. The maximum atomic E-state index is 11.8. The van der Waals surface area contributed by atoms with E-state index in [1.54, 1.807) is 0 Å². The molecule has 0 aromatic heterocycles. The van der Waals surface area contributed by atoms with Gasteiger partial charge in [0.2, 0.25) is 5.91 Å². The zero-order valence-corrected chi connectivity index (χ0v) is 14.4. The molecule has 20 heavy (non-hydrogen) atoms. The Morgan fingerprint density at radius 1 is 0.800 bits per heavy atom. The Bertz CT molecular complexity index is 225. The lowest BCUT2D eigenvalue weighted by molar-refractivity contribution is -0.131. The van der Waals surface area contributed by atoms with Crippen molar-refractivity contribution in [3.63, 3.8) is 0 Å². The molecule has 0 bridgehead atoms. The minimum atomic E-state index is 0.302. The third-order valence-electron chi connectivity index (χ3n) is 4.16. The monoisotopic (exact) mass is 283 g/mol. The molecule has 0 aliphatic heterocycles.